The minimum Gasteiger partial charge on any atom is -0.493 e. The van der Waals surface area contributed by atoms with Crippen LogP contribution in [0.4, 0.5) is 0 Å². The van der Waals surface area contributed by atoms with Gasteiger partial charge in [0.2, 0.25) is 5.91 Å². The number of amides is 1. The largest absolute Gasteiger partial charge is 0.493 e. The molecular formula is C24H30N2O3. The SMILES string of the molecule is CCOc1ccc(/C=N/NC(=O)C2CC2c2ccc(C(C)(C)C)cc2)cc1OC. The Balaban J connectivity index is 1.55. The zero-order chi connectivity index (χ0) is 21.0. The molecule has 154 valence electrons. The molecule has 0 aliphatic heterocycles. The lowest BCUT2D eigenvalue weighted by atomic mass is 9.86. The monoisotopic (exact) mass is 394 g/mol. The molecular weight excluding hydrogens is 364 g/mol. The fourth-order valence-corrected chi connectivity index (χ4v) is 3.38. The van der Waals surface area contributed by atoms with Crippen LogP contribution in [0.25, 0.3) is 0 Å². The van der Waals surface area contributed by atoms with Crippen molar-refractivity contribution in [3.8, 4) is 11.5 Å². The number of nitrogens with zero attached hydrogens (tertiary/aromatic N) is 1. The molecule has 1 aliphatic rings. The molecule has 5 heteroatoms. The van der Waals surface area contributed by atoms with Crippen molar-refractivity contribution >= 4 is 12.1 Å². The molecule has 0 saturated heterocycles. The number of carbonyl (C=O) groups excluding carboxylic acids is 1. The number of benzene rings is 2. The van der Waals surface area contributed by atoms with Crippen LogP contribution in [0.3, 0.4) is 0 Å². The minimum absolute atomic E-state index is 0.0116. The second-order valence-electron chi connectivity index (χ2n) is 8.40. The van der Waals surface area contributed by atoms with Gasteiger partial charge in [-0.15, -0.1) is 0 Å². The van der Waals surface area contributed by atoms with E-state index in [9.17, 15) is 4.79 Å². The molecule has 2 unspecified atom stereocenters. The summed E-state index contributed by atoms with van der Waals surface area (Å²) in [4.78, 5) is 12.4. The van der Waals surface area contributed by atoms with Crippen molar-refractivity contribution in [1.82, 2.24) is 5.43 Å². The molecule has 0 radical (unpaired) electrons. The zero-order valence-electron chi connectivity index (χ0n) is 17.9. The van der Waals surface area contributed by atoms with Crippen LogP contribution in [-0.2, 0) is 10.2 Å². The summed E-state index contributed by atoms with van der Waals surface area (Å²) in [6, 6.07) is 14.2. The van der Waals surface area contributed by atoms with Gasteiger partial charge in [0.25, 0.3) is 0 Å². The van der Waals surface area contributed by atoms with Gasteiger partial charge in [-0.1, -0.05) is 45.0 Å². The van der Waals surface area contributed by atoms with Crippen LogP contribution in [0.5, 0.6) is 11.5 Å². The normalized spacial score (nSPS) is 18.5. The van der Waals surface area contributed by atoms with Gasteiger partial charge in [0.1, 0.15) is 0 Å². The summed E-state index contributed by atoms with van der Waals surface area (Å²) in [5.41, 5.74) is 6.15. The quantitative estimate of drug-likeness (QED) is 0.549. The molecule has 1 aliphatic carbocycles. The molecule has 0 bridgehead atoms. The van der Waals surface area contributed by atoms with Gasteiger partial charge in [0.15, 0.2) is 11.5 Å². The molecule has 0 aromatic heterocycles. The average Bonchev–Trinajstić information content (AvgIpc) is 3.49. The molecule has 1 saturated carbocycles. The maximum absolute atomic E-state index is 12.4. The Kier molecular flexibility index (Phi) is 6.26. The number of hydrogen-bond donors (Lipinski definition) is 1. The van der Waals surface area contributed by atoms with E-state index >= 15 is 0 Å². The van der Waals surface area contributed by atoms with Gasteiger partial charge in [0.05, 0.1) is 19.9 Å². The van der Waals surface area contributed by atoms with E-state index in [0.717, 1.165) is 12.0 Å². The van der Waals surface area contributed by atoms with E-state index in [0.29, 0.717) is 18.1 Å². The first-order valence-electron chi connectivity index (χ1n) is 10.1. The number of hydrazone groups is 1. The van der Waals surface area contributed by atoms with Gasteiger partial charge in [-0.2, -0.15) is 5.10 Å². The first kappa shape index (κ1) is 20.9. The number of hydrogen-bond acceptors (Lipinski definition) is 4. The maximum Gasteiger partial charge on any atom is 0.243 e. The van der Waals surface area contributed by atoms with Crippen LogP contribution < -0.4 is 14.9 Å². The van der Waals surface area contributed by atoms with E-state index in [1.165, 1.54) is 11.1 Å². The second kappa shape index (κ2) is 8.68. The highest BCUT2D eigenvalue weighted by molar-refractivity contribution is 5.86. The van der Waals surface area contributed by atoms with Crippen LogP contribution in [0.1, 0.15) is 56.7 Å². The molecule has 2 aromatic rings. The van der Waals surface area contributed by atoms with E-state index < -0.39 is 0 Å². The number of rotatable bonds is 7. The highest BCUT2D eigenvalue weighted by Gasteiger charge is 2.44. The van der Waals surface area contributed by atoms with Crippen molar-refractivity contribution in [2.45, 2.75) is 45.4 Å². The number of ether oxygens (including phenoxy) is 2. The molecule has 3 rings (SSSR count). The zero-order valence-corrected chi connectivity index (χ0v) is 17.9. The van der Waals surface area contributed by atoms with E-state index in [1.807, 2.05) is 25.1 Å². The van der Waals surface area contributed by atoms with Crippen molar-refractivity contribution in [3.05, 3.63) is 59.2 Å². The Morgan fingerprint density at radius 3 is 2.52 bits per heavy atom. The molecule has 1 fully saturated rings. The van der Waals surface area contributed by atoms with Crippen LogP contribution in [0.2, 0.25) is 0 Å². The Morgan fingerprint density at radius 1 is 1.17 bits per heavy atom. The van der Waals surface area contributed by atoms with Crippen LogP contribution in [-0.4, -0.2) is 25.8 Å². The van der Waals surface area contributed by atoms with Gasteiger partial charge in [-0.3, -0.25) is 4.79 Å². The first-order chi connectivity index (χ1) is 13.8. The smallest absolute Gasteiger partial charge is 0.243 e. The van der Waals surface area contributed by atoms with E-state index in [4.69, 9.17) is 9.47 Å². The van der Waals surface area contributed by atoms with E-state index in [-0.39, 0.29) is 23.2 Å². The predicted octanol–water partition coefficient (Wildman–Crippen LogP) is 4.65. The van der Waals surface area contributed by atoms with Crippen molar-refractivity contribution in [2.75, 3.05) is 13.7 Å². The minimum atomic E-state index is -0.0379. The third-order valence-corrected chi connectivity index (χ3v) is 5.21. The molecule has 2 atom stereocenters. The summed E-state index contributed by atoms with van der Waals surface area (Å²) in [5.74, 6) is 1.56. The van der Waals surface area contributed by atoms with Gasteiger partial charge in [-0.25, -0.2) is 5.43 Å². The van der Waals surface area contributed by atoms with Crippen molar-refractivity contribution in [3.63, 3.8) is 0 Å². The van der Waals surface area contributed by atoms with E-state index in [1.54, 1.807) is 13.3 Å². The van der Waals surface area contributed by atoms with Crippen molar-refractivity contribution < 1.29 is 14.3 Å². The number of nitrogens with one attached hydrogen (secondary N) is 1. The van der Waals surface area contributed by atoms with Crippen LogP contribution in [0.15, 0.2) is 47.6 Å². The third-order valence-electron chi connectivity index (χ3n) is 5.21. The molecule has 2 aromatic carbocycles. The molecule has 1 N–H and O–H groups in total. The lowest BCUT2D eigenvalue weighted by molar-refractivity contribution is -0.122. The first-order valence-corrected chi connectivity index (χ1v) is 10.1. The van der Waals surface area contributed by atoms with E-state index in [2.05, 4.69) is 55.6 Å². The highest BCUT2D eigenvalue weighted by atomic mass is 16.5. The summed E-state index contributed by atoms with van der Waals surface area (Å²) >= 11 is 0. The Bertz CT molecular complexity index is 882. The summed E-state index contributed by atoms with van der Waals surface area (Å²) in [7, 11) is 1.60. The third kappa shape index (κ3) is 5.17. The number of carbonyl (C=O) groups is 1. The lowest BCUT2D eigenvalue weighted by Crippen LogP contribution is -2.20. The Labute approximate surface area is 173 Å². The second-order valence-corrected chi connectivity index (χ2v) is 8.40. The molecule has 29 heavy (non-hydrogen) atoms. The fourth-order valence-electron chi connectivity index (χ4n) is 3.38. The van der Waals surface area contributed by atoms with Crippen molar-refractivity contribution in [1.29, 1.82) is 0 Å². The molecule has 5 nitrogen and oxygen atoms in total. The van der Waals surface area contributed by atoms with Crippen LogP contribution in [0, 0.1) is 5.92 Å². The molecule has 1 amide bonds. The van der Waals surface area contributed by atoms with Crippen molar-refractivity contribution in [2.24, 2.45) is 11.0 Å². The predicted molar refractivity (Wildman–Crippen MR) is 116 cm³/mol. The maximum atomic E-state index is 12.4. The standard InChI is InChI=1S/C24H30N2O3/c1-6-29-21-12-7-16(13-22(21)28-5)15-25-26-23(27)20-14-19(20)17-8-10-18(11-9-17)24(2,3)4/h7-13,15,19-20H,6,14H2,1-5H3,(H,26,27)/b25-15+. The molecule has 0 spiro atoms. The molecule has 0 heterocycles. The van der Waals surface area contributed by atoms with Gasteiger partial charge in [-0.05, 0) is 59.6 Å². The number of methoxy groups -OCH3 is 1. The topological polar surface area (TPSA) is 59.9 Å². The summed E-state index contributed by atoms with van der Waals surface area (Å²) in [5, 5.41) is 4.11. The Morgan fingerprint density at radius 2 is 1.90 bits per heavy atom. The fraction of sp³-hybridized carbons (Fsp3) is 0.417. The summed E-state index contributed by atoms with van der Waals surface area (Å²) in [6.07, 6.45) is 2.48. The lowest BCUT2D eigenvalue weighted by Gasteiger charge is -2.19. The average molecular weight is 395 g/mol. The summed E-state index contributed by atoms with van der Waals surface area (Å²) in [6.45, 7) is 9.10. The van der Waals surface area contributed by atoms with Crippen LogP contribution >= 0.6 is 0 Å². The van der Waals surface area contributed by atoms with Gasteiger partial charge in [0, 0.05) is 5.92 Å². The van der Waals surface area contributed by atoms with Gasteiger partial charge < -0.3 is 9.47 Å². The highest BCUT2D eigenvalue weighted by Crippen LogP contribution is 2.47. The van der Waals surface area contributed by atoms with Gasteiger partial charge >= 0.3 is 0 Å². The Hall–Kier alpha value is -2.82. The summed E-state index contributed by atoms with van der Waals surface area (Å²) < 4.78 is 10.8.